The topological polar surface area (TPSA) is 84.5 Å². The van der Waals surface area contributed by atoms with Gasteiger partial charge >= 0.3 is 5.97 Å². The van der Waals surface area contributed by atoms with Crippen molar-refractivity contribution in [1.29, 1.82) is 0 Å². The monoisotopic (exact) mass is 380 g/mol. The zero-order chi connectivity index (χ0) is 20.2. The Labute approximate surface area is 159 Å². The number of ether oxygens (including phenoxy) is 1. The molecule has 2 amide bonds. The molecule has 150 valence electrons. The molecule has 0 spiro atoms. The fourth-order valence-electron chi connectivity index (χ4n) is 2.79. The lowest BCUT2D eigenvalue weighted by Crippen LogP contribution is -2.52. The summed E-state index contributed by atoms with van der Waals surface area (Å²) in [5.41, 5.74) is 0.571. The highest BCUT2D eigenvalue weighted by atomic mass is 19.1. The minimum absolute atomic E-state index is 0.118. The number of benzene rings is 1. The number of carbonyl (C=O) groups is 3. The van der Waals surface area contributed by atoms with Gasteiger partial charge in [0.15, 0.2) is 0 Å². The van der Waals surface area contributed by atoms with Gasteiger partial charge in [0.05, 0.1) is 7.11 Å². The van der Waals surface area contributed by atoms with Crippen LogP contribution in [-0.2, 0) is 25.5 Å². The molecule has 0 aliphatic heterocycles. The molecule has 0 saturated carbocycles. The van der Waals surface area contributed by atoms with E-state index >= 15 is 0 Å². The molecule has 0 aromatic heterocycles. The molecule has 0 aliphatic carbocycles. The average molecular weight is 380 g/mol. The first kappa shape index (κ1) is 22.6. The summed E-state index contributed by atoms with van der Waals surface area (Å²) >= 11 is 0. The van der Waals surface area contributed by atoms with Crippen LogP contribution in [0.3, 0.4) is 0 Å². The van der Waals surface area contributed by atoms with E-state index in [2.05, 4.69) is 17.6 Å². The SMILES string of the molecule is CCCCCC[C@@H](NC(=O)[C@@H](Cc1cccc(F)c1)NC(C)=O)C(=O)OC. The van der Waals surface area contributed by atoms with E-state index in [9.17, 15) is 18.8 Å². The van der Waals surface area contributed by atoms with Crippen molar-refractivity contribution < 1.29 is 23.5 Å². The molecule has 2 N–H and O–H groups in total. The Balaban J connectivity index is 2.81. The first-order valence-corrected chi connectivity index (χ1v) is 9.27. The number of halogens is 1. The van der Waals surface area contributed by atoms with Crippen LogP contribution in [0.15, 0.2) is 24.3 Å². The van der Waals surface area contributed by atoms with Crippen molar-refractivity contribution in [3.63, 3.8) is 0 Å². The highest BCUT2D eigenvalue weighted by molar-refractivity contribution is 5.90. The minimum atomic E-state index is -0.910. The van der Waals surface area contributed by atoms with Gasteiger partial charge in [-0.25, -0.2) is 9.18 Å². The van der Waals surface area contributed by atoms with E-state index in [1.54, 1.807) is 12.1 Å². The van der Waals surface area contributed by atoms with Crippen LogP contribution in [0.25, 0.3) is 0 Å². The number of carbonyl (C=O) groups excluding carboxylic acids is 3. The summed E-state index contributed by atoms with van der Waals surface area (Å²) in [6, 6.07) is 4.15. The molecule has 0 radical (unpaired) electrons. The Morgan fingerprint density at radius 1 is 1.11 bits per heavy atom. The van der Waals surface area contributed by atoms with Crippen LogP contribution in [0.4, 0.5) is 4.39 Å². The molecular weight excluding hydrogens is 351 g/mol. The zero-order valence-electron chi connectivity index (χ0n) is 16.2. The number of rotatable bonds is 11. The van der Waals surface area contributed by atoms with Gasteiger partial charge < -0.3 is 15.4 Å². The summed E-state index contributed by atoms with van der Waals surface area (Å²) < 4.78 is 18.2. The van der Waals surface area contributed by atoms with Crippen LogP contribution in [0.1, 0.15) is 51.5 Å². The maximum Gasteiger partial charge on any atom is 0.328 e. The summed E-state index contributed by atoms with van der Waals surface area (Å²) in [6.45, 7) is 3.39. The van der Waals surface area contributed by atoms with E-state index in [0.717, 1.165) is 25.7 Å². The minimum Gasteiger partial charge on any atom is -0.467 e. The van der Waals surface area contributed by atoms with Gasteiger partial charge in [0.2, 0.25) is 11.8 Å². The second kappa shape index (κ2) is 12.0. The van der Waals surface area contributed by atoms with E-state index in [4.69, 9.17) is 4.74 Å². The number of esters is 1. The van der Waals surface area contributed by atoms with Gasteiger partial charge in [0, 0.05) is 13.3 Å². The summed E-state index contributed by atoms with van der Waals surface area (Å²) in [7, 11) is 1.27. The molecule has 0 bridgehead atoms. The number of amides is 2. The van der Waals surface area contributed by atoms with Crippen LogP contribution >= 0.6 is 0 Å². The number of hydrogen-bond acceptors (Lipinski definition) is 4. The molecule has 0 heterocycles. The van der Waals surface area contributed by atoms with Crippen molar-refractivity contribution in [2.45, 2.75) is 64.5 Å². The van der Waals surface area contributed by atoms with Gasteiger partial charge in [-0.1, -0.05) is 44.7 Å². The molecule has 0 unspecified atom stereocenters. The number of nitrogens with one attached hydrogen (secondary N) is 2. The summed E-state index contributed by atoms with van der Waals surface area (Å²) in [5, 5.41) is 5.22. The summed E-state index contributed by atoms with van der Waals surface area (Å²) in [5.74, 6) is -1.82. The van der Waals surface area contributed by atoms with E-state index in [1.807, 2.05) is 0 Å². The van der Waals surface area contributed by atoms with E-state index < -0.39 is 29.8 Å². The molecule has 2 atom stereocenters. The van der Waals surface area contributed by atoms with Gasteiger partial charge in [0.25, 0.3) is 0 Å². The number of hydrogen-bond donors (Lipinski definition) is 2. The van der Waals surface area contributed by atoms with Gasteiger partial charge in [-0.05, 0) is 24.1 Å². The third-order valence-corrected chi connectivity index (χ3v) is 4.17. The van der Waals surface area contributed by atoms with Crippen LogP contribution in [-0.4, -0.2) is 37.0 Å². The first-order valence-electron chi connectivity index (χ1n) is 9.27. The Morgan fingerprint density at radius 2 is 1.85 bits per heavy atom. The van der Waals surface area contributed by atoms with E-state index in [1.165, 1.54) is 26.2 Å². The highest BCUT2D eigenvalue weighted by Gasteiger charge is 2.26. The van der Waals surface area contributed by atoms with Gasteiger partial charge in [-0.3, -0.25) is 9.59 Å². The molecule has 1 aromatic rings. The Bertz CT molecular complexity index is 636. The average Bonchev–Trinajstić information content (AvgIpc) is 2.62. The first-order chi connectivity index (χ1) is 12.9. The van der Waals surface area contributed by atoms with Crippen LogP contribution in [0, 0.1) is 5.82 Å². The van der Waals surface area contributed by atoms with Gasteiger partial charge in [-0.15, -0.1) is 0 Å². The maximum absolute atomic E-state index is 13.4. The zero-order valence-corrected chi connectivity index (χ0v) is 16.2. The lowest BCUT2D eigenvalue weighted by atomic mass is 10.0. The van der Waals surface area contributed by atoms with Crippen molar-refractivity contribution in [3.8, 4) is 0 Å². The van der Waals surface area contributed by atoms with Gasteiger partial charge in [0.1, 0.15) is 17.9 Å². The quantitative estimate of drug-likeness (QED) is 0.456. The predicted molar refractivity (Wildman–Crippen MR) is 100 cm³/mol. The van der Waals surface area contributed by atoms with Crippen LogP contribution in [0.2, 0.25) is 0 Å². The highest BCUT2D eigenvalue weighted by Crippen LogP contribution is 2.10. The number of methoxy groups -OCH3 is 1. The number of unbranched alkanes of at least 4 members (excludes halogenated alkanes) is 3. The van der Waals surface area contributed by atoms with Crippen molar-refractivity contribution in [2.24, 2.45) is 0 Å². The molecule has 7 heteroatoms. The third kappa shape index (κ3) is 8.66. The van der Waals surface area contributed by atoms with Crippen molar-refractivity contribution in [2.75, 3.05) is 7.11 Å². The summed E-state index contributed by atoms with van der Waals surface area (Å²) in [4.78, 5) is 36.1. The Hall–Kier alpha value is -2.44. The molecule has 6 nitrogen and oxygen atoms in total. The lowest BCUT2D eigenvalue weighted by Gasteiger charge is -2.22. The largest absolute Gasteiger partial charge is 0.467 e. The molecular formula is C20H29FN2O4. The normalized spacial score (nSPS) is 12.7. The Morgan fingerprint density at radius 3 is 2.44 bits per heavy atom. The van der Waals surface area contributed by atoms with E-state index in [-0.39, 0.29) is 12.3 Å². The second-order valence-corrected chi connectivity index (χ2v) is 6.52. The van der Waals surface area contributed by atoms with Crippen LogP contribution < -0.4 is 10.6 Å². The van der Waals surface area contributed by atoms with E-state index in [0.29, 0.717) is 12.0 Å². The molecule has 0 aliphatic rings. The van der Waals surface area contributed by atoms with Crippen molar-refractivity contribution in [3.05, 3.63) is 35.6 Å². The van der Waals surface area contributed by atoms with Gasteiger partial charge in [-0.2, -0.15) is 0 Å². The fourth-order valence-corrected chi connectivity index (χ4v) is 2.79. The third-order valence-electron chi connectivity index (χ3n) is 4.17. The molecule has 0 saturated heterocycles. The second-order valence-electron chi connectivity index (χ2n) is 6.52. The fraction of sp³-hybridized carbons (Fsp3) is 0.550. The molecule has 1 aromatic carbocycles. The molecule has 0 fully saturated rings. The van der Waals surface area contributed by atoms with Crippen molar-refractivity contribution in [1.82, 2.24) is 10.6 Å². The van der Waals surface area contributed by atoms with Crippen LogP contribution in [0.5, 0.6) is 0 Å². The summed E-state index contributed by atoms with van der Waals surface area (Å²) in [6.07, 6.45) is 4.43. The van der Waals surface area contributed by atoms with Crippen molar-refractivity contribution >= 4 is 17.8 Å². The smallest absolute Gasteiger partial charge is 0.328 e. The predicted octanol–water partition coefficient (Wildman–Crippen LogP) is 2.50. The maximum atomic E-state index is 13.4. The Kier molecular flexibility index (Phi) is 10.1. The molecule has 27 heavy (non-hydrogen) atoms. The lowest BCUT2D eigenvalue weighted by molar-refractivity contribution is -0.145. The molecule has 1 rings (SSSR count). The standard InChI is InChI=1S/C20H29FN2O4/c1-4-5-6-7-11-17(20(26)27-3)23-19(25)18(22-14(2)24)13-15-9-8-10-16(21)12-15/h8-10,12,17-18H,4-7,11,13H2,1-3H3,(H,22,24)(H,23,25)/t17-,18-/m1/s1.